The number of hydrogen-bond donors (Lipinski definition) is 3. The molecular weight excluding hydrogens is 304 g/mol. The summed E-state index contributed by atoms with van der Waals surface area (Å²) in [6.07, 6.45) is 0.0498. The maximum atomic E-state index is 11.9. The molecule has 0 heterocycles. The van der Waals surface area contributed by atoms with Crippen LogP contribution in [0.2, 0.25) is 0 Å². The fourth-order valence-corrected chi connectivity index (χ4v) is 3.15. The van der Waals surface area contributed by atoms with Crippen molar-refractivity contribution < 1.29 is 16.8 Å². The quantitative estimate of drug-likeness (QED) is 0.455. The van der Waals surface area contributed by atoms with Crippen LogP contribution in [0, 0.1) is 11.3 Å². The van der Waals surface area contributed by atoms with Crippen LogP contribution in [0.15, 0.2) is 23.1 Å². The molecule has 0 saturated heterocycles. The summed E-state index contributed by atoms with van der Waals surface area (Å²) in [6, 6.07) is 5.64. The van der Waals surface area contributed by atoms with Crippen LogP contribution < -0.4 is 15.6 Å². The molecule has 10 heteroatoms. The molecule has 0 amide bonds. The van der Waals surface area contributed by atoms with Gasteiger partial charge in [0.25, 0.3) is 0 Å². The number of anilines is 1. The minimum Gasteiger partial charge on any atom is -0.398 e. The van der Waals surface area contributed by atoms with Crippen LogP contribution in [0.4, 0.5) is 5.69 Å². The first-order valence-electron chi connectivity index (χ1n) is 5.45. The van der Waals surface area contributed by atoms with Crippen LogP contribution in [-0.4, -0.2) is 29.1 Å². The van der Waals surface area contributed by atoms with Crippen molar-refractivity contribution in [1.82, 2.24) is 4.72 Å². The van der Waals surface area contributed by atoms with E-state index >= 15 is 0 Å². The van der Waals surface area contributed by atoms with Crippen molar-refractivity contribution in [2.75, 3.05) is 18.0 Å². The fraction of sp³-hybridized carbons (Fsp3) is 0.300. The van der Waals surface area contributed by atoms with Crippen LogP contribution in [0.3, 0.4) is 0 Å². The van der Waals surface area contributed by atoms with Crippen molar-refractivity contribution in [3.05, 3.63) is 23.8 Å². The van der Waals surface area contributed by atoms with E-state index in [1.165, 1.54) is 18.2 Å². The zero-order valence-corrected chi connectivity index (χ0v) is 12.0. The summed E-state index contributed by atoms with van der Waals surface area (Å²) in [4.78, 5) is -0.160. The normalized spacial score (nSPS) is 12.0. The summed E-state index contributed by atoms with van der Waals surface area (Å²) >= 11 is 0. The zero-order valence-electron chi connectivity index (χ0n) is 10.4. The predicted octanol–water partition coefficient (Wildman–Crippen LogP) is -0.903. The highest BCUT2D eigenvalue weighted by molar-refractivity contribution is 7.89. The summed E-state index contributed by atoms with van der Waals surface area (Å²) in [5, 5.41) is 13.5. The lowest BCUT2D eigenvalue weighted by molar-refractivity contribution is 0.577. The monoisotopic (exact) mass is 318 g/mol. The molecule has 0 unspecified atom stereocenters. The average Bonchev–Trinajstić information content (AvgIpc) is 2.33. The molecule has 1 aromatic rings. The molecule has 20 heavy (non-hydrogen) atoms. The van der Waals surface area contributed by atoms with Crippen LogP contribution in [0.5, 0.6) is 0 Å². The van der Waals surface area contributed by atoms with Gasteiger partial charge in [-0.05, 0) is 24.6 Å². The standard InChI is InChI=1S/C10H14N4O4S2/c11-7-8-2-3-10(9(12)6-8)20(17,18)14-4-1-5-19(13,15)16/h2-3,6,14H,1,4-5,12H2,(H2,13,15,16). The third-order valence-electron chi connectivity index (χ3n) is 2.33. The second-order valence-corrected chi connectivity index (χ2v) is 7.45. The Kier molecular flexibility index (Phi) is 5.07. The van der Waals surface area contributed by atoms with Gasteiger partial charge < -0.3 is 5.73 Å². The Morgan fingerprint density at radius 3 is 2.40 bits per heavy atom. The highest BCUT2D eigenvalue weighted by atomic mass is 32.2. The number of sulfonamides is 2. The average molecular weight is 318 g/mol. The van der Waals surface area contributed by atoms with E-state index in [9.17, 15) is 16.8 Å². The molecule has 0 spiro atoms. The maximum Gasteiger partial charge on any atom is 0.242 e. The largest absolute Gasteiger partial charge is 0.398 e. The lowest BCUT2D eigenvalue weighted by Crippen LogP contribution is -2.28. The van der Waals surface area contributed by atoms with Gasteiger partial charge in [0.15, 0.2) is 0 Å². The van der Waals surface area contributed by atoms with Gasteiger partial charge in [0, 0.05) is 6.54 Å². The molecule has 110 valence electrons. The summed E-state index contributed by atoms with van der Waals surface area (Å²) in [5.74, 6) is -0.321. The number of nitrogens with zero attached hydrogens (tertiary/aromatic N) is 1. The van der Waals surface area contributed by atoms with Crippen molar-refractivity contribution in [2.45, 2.75) is 11.3 Å². The lowest BCUT2D eigenvalue weighted by atomic mass is 10.2. The van der Waals surface area contributed by atoms with Crippen molar-refractivity contribution in [2.24, 2.45) is 5.14 Å². The van der Waals surface area contributed by atoms with Gasteiger partial charge in [0.05, 0.1) is 23.1 Å². The number of nitrogens with two attached hydrogens (primary N) is 2. The van der Waals surface area contributed by atoms with E-state index in [2.05, 4.69) is 4.72 Å². The Bertz CT molecular complexity index is 735. The smallest absolute Gasteiger partial charge is 0.242 e. The molecule has 0 fully saturated rings. The molecular formula is C10H14N4O4S2. The first-order valence-corrected chi connectivity index (χ1v) is 8.65. The topological polar surface area (TPSA) is 156 Å². The van der Waals surface area contributed by atoms with E-state index < -0.39 is 20.0 Å². The number of primary sulfonamides is 1. The molecule has 1 rings (SSSR count). The summed E-state index contributed by atoms with van der Waals surface area (Å²) in [5.41, 5.74) is 5.76. The molecule has 0 saturated carbocycles. The van der Waals surface area contributed by atoms with E-state index in [-0.39, 0.29) is 34.9 Å². The number of nitrogen functional groups attached to an aromatic ring is 1. The van der Waals surface area contributed by atoms with E-state index in [0.29, 0.717) is 0 Å². The van der Waals surface area contributed by atoms with Gasteiger partial charge in [0.2, 0.25) is 20.0 Å². The minimum atomic E-state index is -3.85. The Labute approximate surface area is 117 Å². The second kappa shape index (κ2) is 6.19. The summed E-state index contributed by atoms with van der Waals surface area (Å²) < 4.78 is 47.5. The van der Waals surface area contributed by atoms with E-state index in [1.807, 2.05) is 6.07 Å². The van der Waals surface area contributed by atoms with E-state index in [0.717, 1.165) is 0 Å². The van der Waals surface area contributed by atoms with Crippen molar-refractivity contribution >= 4 is 25.7 Å². The van der Waals surface area contributed by atoms with Gasteiger partial charge in [-0.3, -0.25) is 0 Å². The van der Waals surface area contributed by atoms with Gasteiger partial charge in [-0.1, -0.05) is 0 Å². The van der Waals surface area contributed by atoms with Crippen molar-refractivity contribution in [1.29, 1.82) is 5.26 Å². The number of nitrogens with one attached hydrogen (secondary N) is 1. The third-order valence-corrected chi connectivity index (χ3v) is 4.72. The highest BCUT2D eigenvalue weighted by Gasteiger charge is 2.17. The van der Waals surface area contributed by atoms with Crippen molar-refractivity contribution in [3.8, 4) is 6.07 Å². The molecule has 0 aliphatic heterocycles. The minimum absolute atomic E-state index is 0.0498. The molecule has 0 radical (unpaired) electrons. The van der Waals surface area contributed by atoms with Crippen LogP contribution in [0.1, 0.15) is 12.0 Å². The predicted molar refractivity (Wildman–Crippen MR) is 73.3 cm³/mol. The maximum absolute atomic E-state index is 11.9. The number of nitriles is 1. The Hall–Kier alpha value is -1.67. The lowest BCUT2D eigenvalue weighted by Gasteiger charge is -2.09. The SMILES string of the molecule is N#Cc1ccc(S(=O)(=O)NCCCS(N)(=O)=O)c(N)c1. The van der Waals surface area contributed by atoms with Crippen molar-refractivity contribution in [3.63, 3.8) is 0 Å². The molecule has 1 aromatic carbocycles. The van der Waals surface area contributed by atoms with Gasteiger partial charge in [-0.15, -0.1) is 0 Å². The molecule has 0 bridgehead atoms. The Morgan fingerprint density at radius 1 is 1.25 bits per heavy atom. The van der Waals surface area contributed by atoms with Gasteiger partial charge in [0.1, 0.15) is 4.90 Å². The first kappa shape index (κ1) is 16.4. The van der Waals surface area contributed by atoms with E-state index in [4.69, 9.17) is 16.1 Å². The van der Waals surface area contributed by atoms with Gasteiger partial charge in [-0.25, -0.2) is 26.7 Å². The van der Waals surface area contributed by atoms with Crippen LogP contribution in [0.25, 0.3) is 0 Å². The number of benzene rings is 1. The third kappa shape index (κ3) is 4.78. The fourth-order valence-electron chi connectivity index (χ4n) is 1.42. The Balaban J connectivity index is 2.77. The second-order valence-electron chi connectivity index (χ2n) is 3.98. The zero-order chi connectivity index (χ0) is 15.4. The summed E-state index contributed by atoms with van der Waals surface area (Å²) in [6.45, 7) is -0.0851. The van der Waals surface area contributed by atoms with Crippen LogP contribution in [-0.2, 0) is 20.0 Å². The molecule has 5 N–H and O–H groups in total. The van der Waals surface area contributed by atoms with E-state index in [1.54, 1.807) is 0 Å². The molecule has 0 aliphatic carbocycles. The molecule has 0 atom stereocenters. The highest BCUT2D eigenvalue weighted by Crippen LogP contribution is 2.19. The first-order chi connectivity index (χ1) is 9.15. The summed E-state index contributed by atoms with van der Waals surface area (Å²) in [7, 11) is -7.47. The number of rotatable bonds is 6. The number of hydrogen-bond acceptors (Lipinski definition) is 6. The van der Waals surface area contributed by atoms with Gasteiger partial charge >= 0.3 is 0 Å². The van der Waals surface area contributed by atoms with Gasteiger partial charge in [-0.2, -0.15) is 5.26 Å². The van der Waals surface area contributed by atoms with Crippen LogP contribution >= 0.6 is 0 Å². The molecule has 8 nitrogen and oxygen atoms in total. The molecule has 0 aliphatic rings. The molecule has 0 aromatic heterocycles. The Morgan fingerprint density at radius 2 is 1.90 bits per heavy atom.